The Morgan fingerprint density at radius 2 is 1.85 bits per heavy atom. The average molecular weight is 539 g/mol. The summed E-state index contributed by atoms with van der Waals surface area (Å²) in [5.41, 5.74) is 3.23. The van der Waals surface area contributed by atoms with Crippen LogP contribution in [0.3, 0.4) is 0 Å². The first-order valence-electron chi connectivity index (χ1n) is 13.8. The van der Waals surface area contributed by atoms with Gasteiger partial charge in [-0.1, -0.05) is 6.42 Å². The van der Waals surface area contributed by atoms with Crippen molar-refractivity contribution in [2.24, 2.45) is 5.92 Å². The van der Waals surface area contributed by atoms with Crippen LogP contribution in [-0.2, 0) is 14.2 Å². The van der Waals surface area contributed by atoms with Gasteiger partial charge >= 0.3 is 5.97 Å². The molecule has 0 bridgehead atoms. The van der Waals surface area contributed by atoms with E-state index in [9.17, 15) is 14.3 Å². The summed E-state index contributed by atoms with van der Waals surface area (Å²) in [4.78, 5) is 19.2. The maximum atomic E-state index is 13.7. The Morgan fingerprint density at radius 1 is 1.10 bits per heavy atom. The molecular weight excluding hydrogens is 503 g/mol. The van der Waals surface area contributed by atoms with E-state index < -0.39 is 5.97 Å². The Labute approximate surface area is 226 Å². The smallest absolute Gasteiger partial charge is 0.354 e. The molecule has 0 spiro atoms. The van der Waals surface area contributed by atoms with Gasteiger partial charge in [0.2, 0.25) is 0 Å². The number of pyridine rings is 1. The first-order chi connectivity index (χ1) is 18.9. The van der Waals surface area contributed by atoms with Gasteiger partial charge in [0.25, 0.3) is 0 Å². The van der Waals surface area contributed by atoms with Crippen molar-refractivity contribution in [1.82, 2.24) is 19.7 Å². The van der Waals surface area contributed by atoms with Crippen LogP contribution in [0.25, 0.3) is 16.7 Å². The van der Waals surface area contributed by atoms with E-state index in [1.165, 1.54) is 12.1 Å². The number of aromatic nitrogens is 3. The monoisotopic (exact) mass is 538 g/mol. The predicted molar refractivity (Wildman–Crippen MR) is 142 cm³/mol. The summed E-state index contributed by atoms with van der Waals surface area (Å²) in [6, 6.07) is 7.87. The fourth-order valence-electron chi connectivity index (χ4n) is 6.33. The predicted octanol–water partition coefficient (Wildman–Crippen LogP) is 4.69. The molecule has 2 saturated heterocycles. The van der Waals surface area contributed by atoms with Gasteiger partial charge in [0, 0.05) is 44.4 Å². The van der Waals surface area contributed by atoms with E-state index >= 15 is 0 Å². The number of fused-ring (bicyclic) bond motifs is 1. The standard InChI is InChI=1S/C29H35FN4O5/c1-37-24-14-19(29(38-2)39-24)16-33-12-10-17(11-13-33)22-15-23(28(35)36)31-27-25(22)26(18-4-3-5-18)32-34(27)21-8-6-20(30)7-9-21/h6-9,15,17-19,24,29H,3-5,10-14,16H2,1-2H3,(H,35,36). The highest BCUT2D eigenvalue weighted by molar-refractivity contribution is 5.92. The maximum Gasteiger partial charge on any atom is 0.354 e. The molecule has 1 saturated carbocycles. The minimum absolute atomic E-state index is 0.0139. The Kier molecular flexibility index (Phi) is 7.37. The number of rotatable bonds is 8. The molecule has 3 fully saturated rings. The number of hydrogen-bond acceptors (Lipinski definition) is 7. The lowest BCUT2D eigenvalue weighted by atomic mass is 9.79. The number of nitrogens with zero attached hydrogens (tertiary/aromatic N) is 4. The number of carboxylic acid groups (broad SMARTS) is 1. The average Bonchev–Trinajstić information content (AvgIpc) is 3.49. The minimum Gasteiger partial charge on any atom is -0.477 e. The molecule has 39 heavy (non-hydrogen) atoms. The van der Waals surface area contributed by atoms with Gasteiger partial charge in [-0.2, -0.15) is 5.10 Å². The lowest BCUT2D eigenvalue weighted by Crippen LogP contribution is -2.39. The maximum absolute atomic E-state index is 13.7. The van der Waals surface area contributed by atoms with Crippen LogP contribution in [-0.4, -0.2) is 77.2 Å². The van der Waals surface area contributed by atoms with Crippen LogP contribution in [0.4, 0.5) is 4.39 Å². The van der Waals surface area contributed by atoms with Gasteiger partial charge in [0.05, 0.1) is 11.4 Å². The molecule has 3 aromatic rings. The molecule has 0 radical (unpaired) electrons. The number of ether oxygens (including phenoxy) is 3. The highest BCUT2D eigenvalue weighted by Crippen LogP contribution is 2.43. The molecule has 10 heteroatoms. The number of aromatic carboxylic acids is 1. The number of benzene rings is 1. The molecular formula is C29H35FN4O5. The fourth-order valence-corrected chi connectivity index (χ4v) is 6.33. The zero-order chi connectivity index (χ0) is 27.1. The molecule has 6 rings (SSSR count). The summed E-state index contributed by atoms with van der Waals surface area (Å²) in [5, 5.41) is 15.9. The molecule has 3 atom stereocenters. The molecule has 4 heterocycles. The van der Waals surface area contributed by atoms with Crippen molar-refractivity contribution in [3.8, 4) is 5.69 Å². The Bertz CT molecular complexity index is 1330. The van der Waals surface area contributed by atoms with Crippen molar-refractivity contribution in [3.05, 3.63) is 53.1 Å². The third-order valence-electron chi connectivity index (χ3n) is 8.66. The number of carboxylic acids is 1. The van der Waals surface area contributed by atoms with Crippen LogP contribution < -0.4 is 0 Å². The molecule has 1 aromatic carbocycles. The van der Waals surface area contributed by atoms with Crippen LogP contribution >= 0.6 is 0 Å². The lowest BCUT2D eigenvalue weighted by molar-refractivity contribution is -0.193. The van der Waals surface area contributed by atoms with E-state index in [0.717, 1.165) is 74.8 Å². The molecule has 1 aliphatic carbocycles. The summed E-state index contributed by atoms with van der Waals surface area (Å²) in [6.45, 7) is 2.66. The normalized spacial score (nSPS) is 24.8. The number of halogens is 1. The van der Waals surface area contributed by atoms with Crippen LogP contribution in [0, 0.1) is 11.7 Å². The van der Waals surface area contributed by atoms with Gasteiger partial charge in [-0.3, -0.25) is 0 Å². The number of piperidine rings is 1. The van der Waals surface area contributed by atoms with Gasteiger partial charge < -0.3 is 24.2 Å². The molecule has 2 aliphatic heterocycles. The molecule has 3 unspecified atom stereocenters. The van der Waals surface area contributed by atoms with Crippen molar-refractivity contribution in [1.29, 1.82) is 0 Å². The van der Waals surface area contributed by atoms with Crippen molar-refractivity contribution in [3.63, 3.8) is 0 Å². The van der Waals surface area contributed by atoms with Crippen molar-refractivity contribution in [2.75, 3.05) is 33.9 Å². The lowest BCUT2D eigenvalue weighted by Gasteiger charge is -2.34. The SMILES string of the molecule is COC1CC(CN2CCC(c3cc(C(=O)O)nc4c3c(C3CCC3)nn4-c3ccc(F)cc3)CC2)C(OC)O1. The Morgan fingerprint density at radius 3 is 2.46 bits per heavy atom. The summed E-state index contributed by atoms with van der Waals surface area (Å²) in [7, 11) is 3.32. The number of carbonyl (C=O) groups is 1. The molecule has 9 nitrogen and oxygen atoms in total. The molecule has 3 aliphatic rings. The molecule has 208 valence electrons. The second-order valence-electron chi connectivity index (χ2n) is 11.0. The number of likely N-dealkylation sites (tertiary alicyclic amines) is 1. The van der Waals surface area contributed by atoms with Gasteiger partial charge in [0.1, 0.15) is 5.82 Å². The van der Waals surface area contributed by atoms with Gasteiger partial charge in [-0.05, 0) is 80.6 Å². The highest BCUT2D eigenvalue weighted by atomic mass is 19.1. The number of methoxy groups -OCH3 is 2. The largest absolute Gasteiger partial charge is 0.477 e. The van der Waals surface area contributed by atoms with E-state index in [2.05, 4.69) is 9.88 Å². The molecule has 1 N–H and O–H groups in total. The summed E-state index contributed by atoms with van der Waals surface area (Å²) in [6.07, 6.45) is 5.37. The second-order valence-corrected chi connectivity index (χ2v) is 11.0. The zero-order valence-corrected chi connectivity index (χ0v) is 22.4. The van der Waals surface area contributed by atoms with Crippen LogP contribution in [0.1, 0.15) is 72.1 Å². The van der Waals surface area contributed by atoms with Gasteiger partial charge in [0.15, 0.2) is 23.9 Å². The van der Waals surface area contributed by atoms with E-state index in [-0.39, 0.29) is 35.9 Å². The van der Waals surface area contributed by atoms with Crippen molar-refractivity contribution in [2.45, 2.75) is 62.9 Å². The van der Waals surface area contributed by atoms with Crippen LogP contribution in [0.2, 0.25) is 0 Å². The van der Waals surface area contributed by atoms with Crippen molar-refractivity contribution < 1.29 is 28.5 Å². The topological polar surface area (TPSA) is 98.9 Å². The van der Waals surface area contributed by atoms with E-state index in [0.29, 0.717) is 17.3 Å². The highest BCUT2D eigenvalue weighted by Gasteiger charge is 2.38. The third-order valence-corrected chi connectivity index (χ3v) is 8.66. The third kappa shape index (κ3) is 5.06. The summed E-state index contributed by atoms with van der Waals surface area (Å²) in [5.74, 6) is -0.638. The Hall–Kier alpha value is -2.92. The molecule has 0 amide bonds. The van der Waals surface area contributed by atoms with Crippen LogP contribution in [0.5, 0.6) is 0 Å². The van der Waals surface area contributed by atoms with Crippen LogP contribution in [0.15, 0.2) is 30.3 Å². The number of hydrogen-bond donors (Lipinski definition) is 1. The van der Waals surface area contributed by atoms with Gasteiger partial charge in [-0.25, -0.2) is 18.9 Å². The van der Waals surface area contributed by atoms with E-state index in [1.807, 2.05) is 0 Å². The van der Waals surface area contributed by atoms with E-state index in [1.54, 1.807) is 37.1 Å². The fraction of sp³-hybridized carbons (Fsp3) is 0.552. The summed E-state index contributed by atoms with van der Waals surface area (Å²) < 4.78 is 32.1. The quantitative estimate of drug-likeness (QED) is 0.441. The molecule has 2 aromatic heterocycles. The second kappa shape index (κ2) is 10.9. The minimum atomic E-state index is -1.06. The van der Waals surface area contributed by atoms with Crippen molar-refractivity contribution >= 4 is 17.0 Å². The Balaban J connectivity index is 1.32. The van der Waals surface area contributed by atoms with Gasteiger partial charge in [-0.15, -0.1) is 0 Å². The summed E-state index contributed by atoms with van der Waals surface area (Å²) >= 11 is 0. The first-order valence-corrected chi connectivity index (χ1v) is 13.8. The van der Waals surface area contributed by atoms with E-state index in [4.69, 9.17) is 19.3 Å². The first kappa shape index (κ1) is 26.3. The zero-order valence-electron chi connectivity index (χ0n) is 22.4.